The van der Waals surface area contributed by atoms with Crippen LogP contribution in [0.2, 0.25) is 0 Å². The summed E-state index contributed by atoms with van der Waals surface area (Å²) >= 11 is 1.60. The number of carbonyl (C=O) groups is 5. The highest BCUT2D eigenvalue weighted by Gasteiger charge is 2.44. The van der Waals surface area contributed by atoms with E-state index in [1.54, 1.807) is 56.9 Å². The van der Waals surface area contributed by atoms with Crippen LogP contribution in [0.4, 0.5) is 0 Å². The summed E-state index contributed by atoms with van der Waals surface area (Å²) in [5.74, 6) is -1.06. The second-order valence-electron chi connectivity index (χ2n) is 18.0. The molecule has 3 heterocycles. The second-order valence-corrected chi connectivity index (χ2v) is 19.0. The summed E-state index contributed by atoms with van der Waals surface area (Å²) in [6.45, 7) is 16.0. The number of cyclic esters (lactones) is 1. The fourth-order valence-electron chi connectivity index (χ4n) is 8.13. The largest absolute Gasteiger partial charge is 0.497 e. The Labute approximate surface area is 350 Å². The lowest BCUT2D eigenvalue weighted by Crippen LogP contribution is -2.59. The minimum atomic E-state index is -0.976. The number of aliphatic hydroxyl groups is 1. The Bertz CT molecular complexity index is 1630. The number of hydrogen-bond donors (Lipinski definition) is 2. The van der Waals surface area contributed by atoms with Crippen molar-refractivity contribution < 1.29 is 38.6 Å². The van der Waals surface area contributed by atoms with E-state index in [0.717, 1.165) is 10.6 Å². The normalized spacial score (nSPS) is 31.2. The lowest BCUT2D eigenvalue weighted by molar-refractivity contribution is -0.166. The highest BCUT2D eigenvalue weighted by molar-refractivity contribution is 8.14. The van der Waals surface area contributed by atoms with Crippen LogP contribution < -0.4 is 10.1 Å². The molecule has 324 valence electrons. The molecule has 1 saturated heterocycles. The smallest absolute Gasteiger partial charge is 0.329 e. The molecule has 4 rings (SSSR count). The van der Waals surface area contributed by atoms with Crippen LogP contribution in [0.1, 0.15) is 106 Å². The maximum Gasteiger partial charge on any atom is 0.329 e. The predicted molar refractivity (Wildman–Crippen MR) is 227 cm³/mol. The van der Waals surface area contributed by atoms with Gasteiger partial charge in [-0.25, -0.2) is 4.79 Å². The van der Waals surface area contributed by atoms with Crippen molar-refractivity contribution in [2.75, 3.05) is 33.5 Å². The van der Waals surface area contributed by atoms with Gasteiger partial charge in [0.25, 0.3) is 0 Å². The summed E-state index contributed by atoms with van der Waals surface area (Å²) in [5.41, 5.74) is 0.396. The lowest BCUT2D eigenvalue weighted by atomic mass is 9.81. The summed E-state index contributed by atoms with van der Waals surface area (Å²) in [7, 11) is 4.70. The molecule has 58 heavy (non-hydrogen) atoms. The number of ether oxygens (including phenoxy) is 2. The molecule has 3 aliphatic rings. The number of methoxy groups -OCH3 is 1. The molecule has 3 aliphatic heterocycles. The number of thioether (sulfide) groups is 1. The van der Waals surface area contributed by atoms with Crippen molar-refractivity contribution in [2.24, 2.45) is 28.2 Å². The summed E-state index contributed by atoms with van der Waals surface area (Å²) in [6, 6.07) is 3.51. The van der Waals surface area contributed by atoms with Crippen molar-refractivity contribution in [1.29, 1.82) is 0 Å². The number of aliphatic imine (C=N–C) groups is 1. The minimum absolute atomic E-state index is 0.0138. The average molecular weight is 828 g/mol. The number of rotatable bonds is 5. The van der Waals surface area contributed by atoms with Crippen LogP contribution in [-0.4, -0.2) is 130 Å². The number of esters is 1. The Morgan fingerprint density at radius 2 is 1.66 bits per heavy atom. The lowest BCUT2D eigenvalue weighted by Gasteiger charge is -2.39. The van der Waals surface area contributed by atoms with Gasteiger partial charge < -0.3 is 34.6 Å². The van der Waals surface area contributed by atoms with E-state index in [-0.39, 0.29) is 48.5 Å². The van der Waals surface area contributed by atoms with Gasteiger partial charge in [-0.3, -0.25) is 24.2 Å². The Hall–Kier alpha value is -3.65. The molecule has 0 unspecified atom stereocenters. The van der Waals surface area contributed by atoms with Crippen molar-refractivity contribution in [2.45, 2.75) is 149 Å². The standard InChI is InChI=1S/C44H69N5O8S/c1-12-27(3)38-42(54)49-21-13-14-34(49)43(55)57-36(44(6,7)8)23-26(2)22-35(50)28(4)39-45-31(25-58-39)17-20-37(51)46-33(24-30-15-18-32(56-11)19-16-30)41(53)47(9)29(5)40(52)48(38)10/h15-16,18-19,26-29,31,33-36,38,50H,12-14,17,20-25H2,1-11H3,(H,46,51)/t26-,27-,28-,29-,31+,33-,34-,35-,36-,38-/m0/s1. The molecule has 0 spiro atoms. The first-order chi connectivity index (χ1) is 27.3. The maximum atomic E-state index is 14.6. The number of amides is 4. The van der Waals surface area contributed by atoms with Gasteiger partial charge in [-0.05, 0) is 74.0 Å². The third-order valence-electron chi connectivity index (χ3n) is 12.4. The van der Waals surface area contributed by atoms with Crippen LogP contribution in [-0.2, 0) is 35.1 Å². The topological polar surface area (TPSA) is 158 Å². The zero-order valence-corrected chi connectivity index (χ0v) is 37.5. The number of benzene rings is 1. The first-order valence-electron chi connectivity index (χ1n) is 21.1. The van der Waals surface area contributed by atoms with Gasteiger partial charge in [-0.2, -0.15) is 0 Å². The first-order valence-corrected chi connectivity index (χ1v) is 22.1. The van der Waals surface area contributed by atoms with Crippen molar-refractivity contribution >= 4 is 46.4 Å². The molecule has 1 aromatic carbocycles. The van der Waals surface area contributed by atoms with Gasteiger partial charge in [-0.15, -0.1) is 11.8 Å². The van der Waals surface area contributed by atoms with Crippen molar-refractivity contribution in [1.82, 2.24) is 20.0 Å². The van der Waals surface area contributed by atoms with E-state index >= 15 is 0 Å². The number of carbonyl (C=O) groups excluding carboxylic acids is 5. The van der Waals surface area contributed by atoms with Gasteiger partial charge >= 0.3 is 5.97 Å². The van der Waals surface area contributed by atoms with Gasteiger partial charge in [0.2, 0.25) is 23.6 Å². The van der Waals surface area contributed by atoms with E-state index in [9.17, 15) is 29.1 Å². The molecule has 2 N–H and O–H groups in total. The molecule has 1 aromatic rings. The van der Waals surface area contributed by atoms with E-state index < -0.39 is 59.6 Å². The first kappa shape index (κ1) is 47.0. The van der Waals surface area contributed by atoms with Gasteiger partial charge in [0.15, 0.2) is 0 Å². The highest BCUT2D eigenvalue weighted by Crippen LogP contribution is 2.34. The summed E-state index contributed by atoms with van der Waals surface area (Å²) < 4.78 is 11.6. The number of fused-ring (bicyclic) bond motifs is 2. The van der Waals surface area contributed by atoms with E-state index in [0.29, 0.717) is 56.6 Å². The molecule has 1 fully saturated rings. The third kappa shape index (κ3) is 11.8. The molecule has 0 saturated carbocycles. The van der Waals surface area contributed by atoms with Crippen molar-refractivity contribution in [3.05, 3.63) is 29.8 Å². The molecule has 14 heteroatoms. The number of nitrogens with zero attached hydrogens (tertiary/aromatic N) is 4. The predicted octanol–water partition coefficient (Wildman–Crippen LogP) is 5.11. The van der Waals surface area contributed by atoms with Crippen molar-refractivity contribution in [3.8, 4) is 5.75 Å². The number of likely N-dealkylation sites (N-methyl/N-ethyl adjacent to an activating group) is 2. The van der Waals surface area contributed by atoms with Crippen LogP contribution in [0.25, 0.3) is 0 Å². The Kier molecular flexibility index (Phi) is 16.7. The number of aliphatic hydroxyl groups excluding tert-OH is 1. The molecule has 0 aromatic heterocycles. The Morgan fingerprint density at radius 1 is 0.983 bits per heavy atom. The zero-order chi connectivity index (χ0) is 43.1. The SMILES string of the molecule is CC[C@H](C)[C@H]1C(=O)N2CCC[C@H]2C(=O)O[C@H](C(C)(C)C)C[C@@H](C)C[C@H](O)[C@H](C)C2=N[C@H](CCC(=O)N[C@@H](Cc3ccc(OC)cc3)C(=O)N(C)[C@@H](C)C(=O)N1C)CS2. The monoisotopic (exact) mass is 827 g/mol. The molecule has 13 nitrogen and oxygen atoms in total. The Morgan fingerprint density at radius 3 is 2.28 bits per heavy atom. The molecule has 2 bridgehead atoms. The third-order valence-corrected chi connectivity index (χ3v) is 13.7. The maximum absolute atomic E-state index is 14.6. The molecule has 4 amide bonds. The van der Waals surface area contributed by atoms with Gasteiger partial charge in [0.1, 0.15) is 36.0 Å². The van der Waals surface area contributed by atoms with E-state index in [2.05, 4.69) is 12.2 Å². The Balaban J connectivity index is 1.69. The minimum Gasteiger partial charge on any atom is -0.497 e. The fourth-order valence-corrected chi connectivity index (χ4v) is 9.38. The number of hydrogen-bond acceptors (Lipinski definition) is 10. The quantitative estimate of drug-likeness (QED) is 0.385. The van der Waals surface area contributed by atoms with Crippen LogP contribution in [0.15, 0.2) is 29.3 Å². The van der Waals surface area contributed by atoms with E-state index in [4.69, 9.17) is 14.5 Å². The van der Waals surface area contributed by atoms with E-state index in [1.165, 1.54) is 9.80 Å². The second kappa shape index (κ2) is 20.5. The van der Waals surface area contributed by atoms with Crippen LogP contribution >= 0.6 is 11.8 Å². The molecule has 0 aliphatic carbocycles. The summed E-state index contributed by atoms with van der Waals surface area (Å²) in [6.07, 6.45) is 2.36. The van der Waals surface area contributed by atoms with Crippen LogP contribution in [0.5, 0.6) is 5.75 Å². The van der Waals surface area contributed by atoms with Gasteiger partial charge in [-0.1, -0.05) is 67.0 Å². The summed E-state index contributed by atoms with van der Waals surface area (Å²) in [4.78, 5) is 80.0. The molecular weight excluding hydrogens is 759 g/mol. The van der Waals surface area contributed by atoms with Crippen LogP contribution in [0.3, 0.4) is 0 Å². The average Bonchev–Trinajstić information content (AvgIpc) is 3.88. The van der Waals surface area contributed by atoms with Crippen molar-refractivity contribution in [3.63, 3.8) is 0 Å². The molecule has 10 atom stereocenters. The van der Waals surface area contributed by atoms with Gasteiger partial charge in [0.05, 0.1) is 24.3 Å². The fraction of sp³-hybridized carbons (Fsp3) is 0.727. The molecular formula is C44H69N5O8S. The molecule has 0 radical (unpaired) electrons. The zero-order valence-electron chi connectivity index (χ0n) is 36.7. The highest BCUT2D eigenvalue weighted by atomic mass is 32.2. The van der Waals surface area contributed by atoms with E-state index in [1.807, 2.05) is 53.7 Å². The van der Waals surface area contributed by atoms with Gasteiger partial charge in [0, 0.05) is 45.2 Å². The van der Waals surface area contributed by atoms with Crippen LogP contribution in [0, 0.1) is 23.2 Å². The summed E-state index contributed by atoms with van der Waals surface area (Å²) in [5, 5.41) is 15.2. The number of nitrogens with one attached hydrogen (secondary N) is 1.